The number of halogens is 1. The third kappa shape index (κ3) is 4.97. The first-order valence-corrected chi connectivity index (χ1v) is 7.50. The van der Waals surface area contributed by atoms with E-state index in [-0.39, 0.29) is 24.4 Å². The number of hydrogen-bond donors (Lipinski definition) is 0. The summed E-state index contributed by atoms with van der Waals surface area (Å²) in [5.41, 5.74) is 1.000. The lowest BCUT2D eigenvalue weighted by molar-refractivity contribution is -0.145. The Labute approximate surface area is 125 Å². The average molecular weight is 291 g/mol. The van der Waals surface area contributed by atoms with Crippen molar-refractivity contribution in [2.75, 3.05) is 13.2 Å². The van der Waals surface area contributed by atoms with Crippen LogP contribution in [0.1, 0.15) is 31.7 Å². The smallest absolute Gasteiger partial charge is 0.320 e. The lowest BCUT2D eigenvalue weighted by Gasteiger charge is -2.30. The van der Waals surface area contributed by atoms with E-state index in [1.165, 1.54) is 12.1 Å². The van der Waals surface area contributed by atoms with Gasteiger partial charge in [0.2, 0.25) is 0 Å². The van der Waals surface area contributed by atoms with Crippen molar-refractivity contribution in [3.8, 4) is 0 Å². The van der Waals surface area contributed by atoms with Crippen LogP contribution in [0.15, 0.2) is 36.4 Å². The topological polar surface area (TPSA) is 29.5 Å². The highest BCUT2D eigenvalue weighted by atomic mass is 19.1. The van der Waals surface area contributed by atoms with Gasteiger partial charge in [0, 0.05) is 12.6 Å². The van der Waals surface area contributed by atoms with Gasteiger partial charge in [0.1, 0.15) is 5.82 Å². The van der Waals surface area contributed by atoms with Crippen molar-refractivity contribution in [3.05, 3.63) is 47.8 Å². The van der Waals surface area contributed by atoms with Crippen molar-refractivity contribution < 1.29 is 13.9 Å². The molecule has 1 aliphatic carbocycles. The second-order valence-electron chi connectivity index (χ2n) is 5.26. The molecule has 0 saturated carbocycles. The van der Waals surface area contributed by atoms with E-state index in [1.54, 1.807) is 12.1 Å². The van der Waals surface area contributed by atoms with Crippen LogP contribution in [0.25, 0.3) is 0 Å². The number of benzene rings is 1. The van der Waals surface area contributed by atoms with E-state index in [4.69, 9.17) is 4.74 Å². The molecule has 0 amide bonds. The molecule has 0 N–H and O–H groups in total. The Balaban J connectivity index is 2.06. The van der Waals surface area contributed by atoms with Crippen LogP contribution in [-0.4, -0.2) is 30.1 Å². The number of ether oxygens (including phenoxy) is 1. The first-order valence-electron chi connectivity index (χ1n) is 7.50. The van der Waals surface area contributed by atoms with Crippen molar-refractivity contribution >= 4 is 5.97 Å². The van der Waals surface area contributed by atoms with Crippen molar-refractivity contribution in [1.29, 1.82) is 0 Å². The number of carbonyl (C=O) groups is 1. The zero-order valence-electron chi connectivity index (χ0n) is 12.4. The second kappa shape index (κ2) is 7.93. The third-order valence-corrected chi connectivity index (χ3v) is 3.63. The molecule has 0 saturated heterocycles. The number of nitrogens with zero attached hydrogens (tertiary/aromatic N) is 1. The van der Waals surface area contributed by atoms with Gasteiger partial charge in [-0.1, -0.05) is 24.3 Å². The minimum atomic E-state index is -0.242. The van der Waals surface area contributed by atoms with Gasteiger partial charge in [-0.15, -0.1) is 0 Å². The van der Waals surface area contributed by atoms with E-state index in [0.717, 1.165) is 24.8 Å². The zero-order valence-corrected chi connectivity index (χ0v) is 12.4. The summed E-state index contributed by atoms with van der Waals surface area (Å²) in [5.74, 6) is -0.452. The molecule has 0 bridgehead atoms. The fourth-order valence-electron chi connectivity index (χ4n) is 2.59. The van der Waals surface area contributed by atoms with Crippen LogP contribution < -0.4 is 0 Å². The molecule has 0 aromatic heterocycles. The molecule has 2 rings (SSSR count). The Morgan fingerprint density at radius 2 is 2.14 bits per heavy atom. The van der Waals surface area contributed by atoms with Crippen molar-refractivity contribution in [2.24, 2.45) is 0 Å². The van der Waals surface area contributed by atoms with E-state index < -0.39 is 0 Å². The van der Waals surface area contributed by atoms with E-state index in [2.05, 4.69) is 17.1 Å². The molecule has 1 atom stereocenters. The highest BCUT2D eigenvalue weighted by Crippen LogP contribution is 2.19. The maximum atomic E-state index is 13.0. The summed E-state index contributed by atoms with van der Waals surface area (Å²) in [4.78, 5) is 13.9. The van der Waals surface area contributed by atoms with Crippen LogP contribution in [0, 0.1) is 5.82 Å². The molecule has 114 valence electrons. The maximum absolute atomic E-state index is 13.0. The van der Waals surface area contributed by atoms with Gasteiger partial charge in [-0.2, -0.15) is 0 Å². The summed E-state index contributed by atoms with van der Waals surface area (Å²) >= 11 is 0. The standard InChI is InChI=1S/C17H22FNO2/c1-2-21-17(20)13-19(16-6-4-3-5-7-16)12-14-8-10-15(18)11-9-14/h4,6,8-11,16H,2-3,5,7,12-13H2,1H3. The molecule has 3 nitrogen and oxygen atoms in total. The Kier molecular flexibility index (Phi) is 5.93. The molecule has 0 radical (unpaired) electrons. The largest absolute Gasteiger partial charge is 0.465 e. The van der Waals surface area contributed by atoms with Crippen LogP contribution in [0.2, 0.25) is 0 Å². The van der Waals surface area contributed by atoms with Crippen LogP contribution in [-0.2, 0) is 16.1 Å². The number of rotatable bonds is 6. The molecule has 1 aromatic rings. The van der Waals surface area contributed by atoms with E-state index in [9.17, 15) is 9.18 Å². The van der Waals surface area contributed by atoms with E-state index >= 15 is 0 Å². The predicted molar refractivity (Wildman–Crippen MR) is 80.2 cm³/mol. The highest BCUT2D eigenvalue weighted by Gasteiger charge is 2.21. The maximum Gasteiger partial charge on any atom is 0.320 e. The number of carbonyl (C=O) groups excluding carboxylic acids is 1. The van der Waals surface area contributed by atoms with Crippen LogP contribution in [0.5, 0.6) is 0 Å². The van der Waals surface area contributed by atoms with Crippen molar-refractivity contribution in [2.45, 2.75) is 38.8 Å². The second-order valence-corrected chi connectivity index (χ2v) is 5.26. The first kappa shape index (κ1) is 15.7. The van der Waals surface area contributed by atoms with Gasteiger partial charge in [-0.05, 0) is 43.9 Å². The summed E-state index contributed by atoms with van der Waals surface area (Å²) in [5, 5.41) is 0. The predicted octanol–water partition coefficient (Wildman–Crippen LogP) is 3.30. The summed E-state index contributed by atoms with van der Waals surface area (Å²) < 4.78 is 18.0. The fraction of sp³-hybridized carbons (Fsp3) is 0.471. The van der Waals surface area contributed by atoms with Crippen LogP contribution in [0.4, 0.5) is 4.39 Å². The highest BCUT2D eigenvalue weighted by molar-refractivity contribution is 5.71. The summed E-state index contributed by atoms with van der Waals surface area (Å²) in [7, 11) is 0. The van der Waals surface area contributed by atoms with Gasteiger partial charge in [0.15, 0.2) is 0 Å². The molecule has 1 unspecified atom stereocenters. The lowest BCUT2D eigenvalue weighted by atomic mass is 10.0. The van der Waals surface area contributed by atoms with Crippen LogP contribution in [0.3, 0.4) is 0 Å². The molecule has 0 fully saturated rings. The Bertz CT molecular complexity index is 484. The molecule has 4 heteroatoms. The van der Waals surface area contributed by atoms with Gasteiger partial charge in [-0.3, -0.25) is 9.69 Å². The molecule has 1 aliphatic rings. The lowest BCUT2D eigenvalue weighted by Crippen LogP contribution is -2.39. The Morgan fingerprint density at radius 1 is 1.38 bits per heavy atom. The van der Waals surface area contributed by atoms with Gasteiger partial charge in [0.05, 0.1) is 13.2 Å². The molecule has 1 aromatic carbocycles. The van der Waals surface area contributed by atoms with Crippen molar-refractivity contribution in [3.63, 3.8) is 0 Å². The van der Waals surface area contributed by atoms with Gasteiger partial charge in [0.25, 0.3) is 0 Å². The van der Waals surface area contributed by atoms with E-state index in [1.807, 2.05) is 6.92 Å². The molecular weight excluding hydrogens is 269 g/mol. The van der Waals surface area contributed by atoms with Gasteiger partial charge >= 0.3 is 5.97 Å². The van der Waals surface area contributed by atoms with Gasteiger partial charge < -0.3 is 4.74 Å². The molecule has 0 aliphatic heterocycles. The normalized spacial score (nSPS) is 18.0. The zero-order chi connectivity index (χ0) is 15.1. The SMILES string of the molecule is CCOC(=O)CN(Cc1ccc(F)cc1)C1C=CCCC1. The summed E-state index contributed by atoms with van der Waals surface area (Å²) in [6, 6.07) is 6.68. The van der Waals surface area contributed by atoms with E-state index in [0.29, 0.717) is 13.2 Å². The first-order chi connectivity index (χ1) is 10.2. The molecule has 21 heavy (non-hydrogen) atoms. The Morgan fingerprint density at radius 3 is 2.76 bits per heavy atom. The van der Waals surface area contributed by atoms with Gasteiger partial charge in [-0.25, -0.2) is 4.39 Å². The number of hydrogen-bond acceptors (Lipinski definition) is 3. The third-order valence-electron chi connectivity index (χ3n) is 3.63. The molecular formula is C17H22FNO2. The number of esters is 1. The minimum absolute atomic E-state index is 0.210. The Hall–Kier alpha value is -1.68. The minimum Gasteiger partial charge on any atom is -0.465 e. The fourth-order valence-corrected chi connectivity index (χ4v) is 2.59. The van der Waals surface area contributed by atoms with Crippen LogP contribution >= 0.6 is 0 Å². The molecule has 0 spiro atoms. The monoisotopic (exact) mass is 291 g/mol. The van der Waals surface area contributed by atoms with Crippen molar-refractivity contribution in [1.82, 2.24) is 4.90 Å². The summed E-state index contributed by atoms with van der Waals surface area (Å²) in [6.45, 7) is 3.08. The summed E-state index contributed by atoms with van der Waals surface area (Å²) in [6.07, 6.45) is 7.59. The quantitative estimate of drug-likeness (QED) is 0.595. The molecule has 0 heterocycles. The number of allylic oxidation sites excluding steroid dienone is 1. The average Bonchev–Trinajstić information content (AvgIpc) is 2.50.